The van der Waals surface area contributed by atoms with E-state index in [4.69, 9.17) is 10.5 Å². The lowest BCUT2D eigenvalue weighted by Gasteiger charge is -2.19. The van der Waals surface area contributed by atoms with Crippen LogP contribution in [-0.4, -0.2) is 28.4 Å². The van der Waals surface area contributed by atoms with Crippen LogP contribution in [0.5, 0.6) is 0 Å². The largest absolute Gasteiger partial charge is 0.444 e. The Morgan fingerprint density at radius 3 is 2.88 bits per heavy atom. The molecule has 0 fully saturated rings. The fourth-order valence-corrected chi connectivity index (χ4v) is 1.08. The van der Waals surface area contributed by atoms with Crippen molar-refractivity contribution in [1.82, 2.24) is 15.5 Å². The average molecular weight is 238 g/mol. The number of amides is 1. The second kappa shape index (κ2) is 5.38. The minimum absolute atomic E-state index is 0.375. The van der Waals surface area contributed by atoms with Gasteiger partial charge >= 0.3 is 6.09 Å². The number of rotatable bonds is 3. The predicted octanol–water partition coefficient (Wildman–Crippen LogP) is 1.53. The summed E-state index contributed by atoms with van der Waals surface area (Å²) in [7, 11) is 0. The van der Waals surface area contributed by atoms with Crippen molar-refractivity contribution in [2.45, 2.75) is 26.4 Å². The van der Waals surface area contributed by atoms with E-state index in [-0.39, 0.29) is 0 Å². The van der Waals surface area contributed by atoms with Gasteiger partial charge in [-0.15, -0.1) is 0 Å². The molecule has 4 N–H and O–H groups in total. The zero-order valence-electron chi connectivity index (χ0n) is 10.3. The van der Waals surface area contributed by atoms with Gasteiger partial charge in [-0.2, -0.15) is 5.10 Å². The van der Waals surface area contributed by atoms with Gasteiger partial charge in [0.05, 0.1) is 6.20 Å². The summed E-state index contributed by atoms with van der Waals surface area (Å²) in [6, 6.07) is 0. The minimum atomic E-state index is -0.483. The van der Waals surface area contributed by atoms with Crippen LogP contribution in [-0.2, 0) is 4.74 Å². The molecule has 94 valence electrons. The van der Waals surface area contributed by atoms with E-state index in [2.05, 4.69) is 15.5 Å². The van der Waals surface area contributed by atoms with E-state index in [1.165, 1.54) is 0 Å². The number of nitrogens with two attached hydrogens (primary N) is 1. The molecule has 17 heavy (non-hydrogen) atoms. The molecule has 0 aliphatic heterocycles. The van der Waals surface area contributed by atoms with Crippen molar-refractivity contribution < 1.29 is 9.53 Å². The molecule has 0 spiro atoms. The molecule has 0 radical (unpaired) electrons. The fourth-order valence-electron chi connectivity index (χ4n) is 1.08. The molecule has 0 saturated heterocycles. The molecule has 0 saturated carbocycles. The van der Waals surface area contributed by atoms with Gasteiger partial charge in [-0.25, -0.2) is 4.79 Å². The lowest BCUT2D eigenvalue weighted by molar-refractivity contribution is 0.0534. The number of H-pyrrole nitrogens is 1. The molecule has 0 aliphatic carbocycles. The van der Waals surface area contributed by atoms with Crippen LogP contribution >= 0.6 is 0 Å². The number of nitrogen functional groups attached to an aromatic ring is 1. The van der Waals surface area contributed by atoms with Crippen LogP contribution in [0.15, 0.2) is 12.3 Å². The first-order valence-electron chi connectivity index (χ1n) is 5.31. The van der Waals surface area contributed by atoms with Crippen LogP contribution in [0.4, 0.5) is 10.6 Å². The predicted molar refractivity (Wildman–Crippen MR) is 66.3 cm³/mol. The van der Waals surface area contributed by atoms with Gasteiger partial charge in [-0.05, 0) is 20.8 Å². The second-order valence-electron chi connectivity index (χ2n) is 4.52. The molecule has 0 bridgehead atoms. The number of nitrogens with one attached hydrogen (secondary N) is 2. The number of hydrogen-bond acceptors (Lipinski definition) is 4. The van der Waals surface area contributed by atoms with Gasteiger partial charge in [0.25, 0.3) is 0 Å². The second-order valence-corrected chi connectivity index (χ2v) is 4.52. The monoisotopic (exact) mass is 238 g/mol. The SMILES string of the molecule is CC(C)(C)OC(=O)NCC=Cc1cn[nH]c1N. The normalized spacial score (nSPS) is 11.7. The summed E-state index contributed by atoms with van der Waals surface area (Å²) in [4.78, 5) is 11.3. The number of nitrogens with zero attached hydrogens (tertiary/aromatic N) is 1. The first-order valence-corrected chi connectivity index (χ1v) is 5.31. The van der Waals surface area contributed by atoms with Crippen molar-refractivity contribution in [3.05, 3.63) is 17.8 Å². The summed E-state index contributed by atoms with van der Waals surface area (Å²) in [5, 5.41) is 8.99. The van der Waals surface area contributed by atoms with E-state index in [0.717, 1.165) is 5.56 Å². The smallest absolute Gasteiger partial charge is 0.407 e. The molecule has 6 nitrogen and oxygen atoms in total. The maximum absolute atomic E-state index is 11.3. The molecule has 1 amide bonds. The van der Waals surface area contributed by atoms with E-state index >= 15 is 0 Å². The van der Waals surface area contributed by atoms with Crippen molar-refractivity contribution in [2.24, 2.45) is 0 Å². The maximum atomic E-state index is 11.3. The van der Waals surface area contributed by atoms with Gasteiger partial charge in [0.15, 0.2) is 0 Å². The van der Waals surface area contributed by atoms with E-state index < -0.39 is 11.7 Å². The highest BCUT2D eigenvalue weighted by Gasteiger charge is 2.14. The minimum Gasteiger partial charge on any atom is -0.444 e. The number of aromatic amines is 1. The Morgan fingerprint density at radius 1 is 1.65 bits per heavy atom. The summed E-state index contributed by atoms with van der Waals surface area (Å²) >= 11 is 0. The quantitative estimate of drug-likeness (QED) is 0.744. The number of aromatic nitrogens is 2. The first kappa shape index (κ1) is 13.1. The highest BCUT2D eigenvalue weighted by Crippen LogP contribution is 2.08. The lowest BCUT2D eigenvalue weighted by Crippen LogP contribution is -2.32. The van der Waals surface area contributed by atoms with Crippen molar-refractivity contribution in [1.29, 1.82) is 0 Å². The van der Waals surface area contributed by atoms with E-state index in [1.807, 2.05) is 20.8 Å². The van der Waals surface area contributed by atoms with E-state index in [1.54, 1.807) is 18.3 Å². The lowest BCUT2D eigenvalue weighted by atomic mass is 10.2. The molecular weight excluding hydrogens is 220 g/mol. The first-order chi connectivity index (χ1) is 7.88. The Bertz CT molecular complexity index is 404. The van der Waals surface area contributed by atoms with Crippen molar-refractivity contribution >= 4 is 18.0 Å². The summed E-state index contributed by atoms with van der Waals surface area (Å²) in [5.74, 6) is 0.499. The summed E-state index contributed by atoms with van der Waals surface area (Å²) in [5.41, 5.74) is 5.89. The molecule has 1 heterocycles. The molecule has 0 atom stereocenters. The summed E-state index contributed by atoms with van der Waals surface area (Å²) < 4.78 is 5.07. The average Bonchev–Trinajstić information content (AvgIpc) is 2.56. The zero-order chi connectivity index (χ0) is 12.9. The highest BCUT2D eigenvalue weighted by molar-refractivity contribution is 5.68. The molecule has 0 aliphatic rings. The zero-order valence-corrected chi connectivity index (χ0v) is 10.3. The number of alkyl carbamates (subject to hydrolysis) is 1. The van der Waals surface area contributed by atoms with Crippen LogP contribution in [0, 0.1) is 0 Å². The van der Waals surface area contributed by atoms with Crippen LogP contribution in [0.2, 0.25) is 0 Å². The number of ether oxygens (including phenoxy) is 1. The number of anilines is 1. The molecule has 6 heteroatoms. The standard InChI is InChI=1S/C11H18N4O2/c1-11(2,3)17-10(16)13-6-4-5-8-7-14-15-9(8)12/h4-5,7H,6H2,1-3H3,(H,13,16)(H3,12,14,15). The Balaban J connectivity index is 2.31. The van der Waals surface area contributed by atoms with Crippen LogP contribution in [0.1, 0.15) is 26.3 Å². The molecule has 1 aromatic heterocycles. The fraction of sp³-hybridized carbons (Fsp3) is 0.455. The third kappa shape index (κ3) is 5.05. The number of hydrogen-bond donors (Lipinski definition) is 3. The third-order valence-corrected chi connectivity index (χ3v) is 1.76. The topological polar surface area (TPSA) is 93.0 Å². The maximum Gasteiger partial charge on any atom is 0.407 e. The van der Waals surface area contributed by atoms with E-state index in [9.17, 15) is 4.79 Å². The Hall–Kier alpha value is -1.98. The Labute approximate surface area is 100 Å². The van der Waals surface area contributed by atoms with Gasteiger partial charge in [0.2, 0.25) is 0 Å². The van der Waals surface area contributed by atoms with Gasteiger partial charge in [0.1, 0.15) is 11.4 Å². The van der Waals surface area contributed by atoms with Crippen molar-refractivity contribution in [2.75, 3.05) is 12.3 Å². The van der Waals surface area contributed by atoms with Gasteiger partial charge in [-0.3, -0.25) is 5.10 Å². The molecule has 0 aromatic carbocycles. The van der Waals surface area contributed by atoms with Crippen LogP contribution in [0.25, 0.3) is 6.08 Å². The molecule has 1 aromatic rings. The van der Waals surface area contributed by atoms with Gasteiger partial charge in [0, 0.05) is 12.1 Å². The van der Waals surface area contributed by atoms with E-state index in [0.29, 0.717) is 12.4 Å². The van der Waals surface area contributed by atoms with Gasteiger partial charge < -0.3 is 15.8 Å². The number of carbonyl (C=O) groups excluding carboxylic acids is 1. The van der Waals surface area contributed by atoms with Crippen molar-refractivity contribution in [3.8, 4) is 0 Å². The molecule has 1 rings (SSSR count). The third-order valence-electron chi connectivity index (χ3n) is 1.76. The Morgan fingerprint density at radius 2 is 2.35 bits per heavy atom. The van der Waals surface area contributed by atoms with Crippen LogP contribution in [0.3, 0.4) is 0 Å². The Kier molecular flexibility index (Phi) is 4.14. The molecule has 0 unspecified atom stereocenters. The molecular formula is C11H18N4O2. The van der Waals surface area contributed by atoms with Crippen LogP contribution < -0.4 is 11.1 Å². The van der Waals surface area contributed by atoms with Gasteiger partial charge in [-0.1, -0.05) is 12.2 Å². The van der Waals surface area contributed by atoms with Crippen molar-refractivity contribution in [3.63, 3.8) is 0 Å². The highest BCUT2D eigenvalue weighted by atomic mass is 16.6. The summed E-state index contributed by atoms with van der Waals surface area (Å²) in [6.45, 7) is 5.82. The summed E-state index contributed by atoms with van der Waals surface area (Å²) in [6.07, 6.45) is 4.71. The number of carbonyl (C=O) groups is 1.